The molecule has 20 N–H and O–H groups in total. The van der Waals surface area contributed by atoms with Crippen LogP contribution < -0.4 is 18.9 Å². The first-order valence-corrected chi connectivity index (χ1v) is 25.7. The van der Waals surface area contributed by atoms with Crippen LogP contribution in [0.5, 0.6) is 115 Å². The number of aromatic hydroxyl groups is 16. The zero-order valence-corrected chi connectivity index (χ0v) is 43.0. The third-order valence-corrected chi connectivity index (χ3v) is 16.0. The molecule has 84 heavy (non-hydrogen) atoms. The summed E-state index contributed by atoms with van der Waals surface area (Å²) in [6.45, 7) is 0. The summed E-state index contributed by atoms with van der Waals surface area (Å²) in [7, 11) is 0. The van der Waals surface area contributed by atoms with Crippen LogP contribution >= 0.6 is 0 Å². The molecule has 24 heteroatoms. The van der Waals surface area contributed by atoms with E-state index >= 15 is 0 Å². The van der Waals surface area contributed by atoms with Gasteiger partial charge in [0.15, 0.2) is 64.3 Å². The smallest absolute Gasteiger partial charge is 0.157 e. The Morgan fingerprint density at radius 3 is 1.04 bits per heavy atom. The summed E-state index contributed by atoms with van der Waals surface area (Å²) in [6.07, 6.45) is -15.4. The van der Waals surface area contributed by atoms with Gasteiger partial charge >= 0.3 is 0 Å². The summed E-state index contributed by atoms with van der Waals surface area (Å²) in [6, 6.07) is 17.7. The molecule has 4 heterocycles. The van der Waals surface area contributed by atoms with Crippen molar-refractivity contribution in [3.05, 3.63) is 164 Å². The Labute approximate surface area is 472 Å². The highest BCUT2D eigenvalue weighted by molar-refractivity contribution is 5.75. The summed E-state index contributed by atoms with van der Waals surface area (Å²) in [5, 5.41) is 232. The molecule has 0 saturated heterocycles. The van der Waals surface area contributed by atoms with Crippen molar-refractivity contribution in [2.24, 2.45) is 0 Å². The van der Waals surface area contributed by atoms with Gasteiger partial charge in [0, 0.05) is 75.7 Å². The van der Waals surface area contributed by atoms with E-state index in [9.17, 15) is 102 Å². The van der Waals surface area contributed by atoms with Crippen LogP contribution in [0.4, 0.5) is 0 Å². The number of hydrogen-bond donors (Lipinski definition) is 20. The van der Waals surface area contributed by atoms with Crippen molar-refractivity contribution in [3.8, 4) is 115 Å². The first kappa shape index (κ1) is 54.2. The molecule has 0 fully saturated rings. The molecule has 11 atom stereocenters. The highest BCUT2D eigenvalue weighted by atomic mass is 16.5. The second-order valence-electron chi connectivity index (χ2n) is 21.0. The summed E-state index contributed by atoms with van der Waals surface area (Å²) in [5.41, 5.74) is -4.13. The molecule has 0 aromatic heterocycles. The molecular weight excluding hydrogens is 1100 g/mol. The normalized spacial score (nSPS) is 24.0. The largest absolute Gasteiger partial charge is 0.508 e. The van der Waals surface area contributed by atoms with Gasteiger partial charge in [-0.1, -0.05) is 24.3 Å². The standard InChI is InChI=1S/C60H50O24/c61-23-13-35(72)41-39(15-23)81-56(20-2-6-27(64)32(69)10-20)52(78)44(41)47-50(76)48(45-42-36(73)14-24(62)16-40(42)82-57(53(45)79)21-3-7-28(65)33(70)11-21)60-49(51(47)77)46(54(80)58(84-60)22-4-8-29(66)34(71)12-22)43-37(74)18-30(67)25-17-38(75)55(83-59(25)43)19-1-5-26(63)31(68)9-19/h1-16,18,38,44-46,52-58,61-80H,17H2/t38-,44?,45?,46?,52?,53-,54-,55+,56+,57+,58+/m0/s1. The van der Waals surface area contributed by atoms with Crippen molar-refractivity contribution in [2.45, 2.75) is 73.0 Å². The van der Waals surface area contributed by atoms with Gasteiger partial charge in [0.25, 0.3) is 0 Å². The lowest BCUT2D eigenvalue weighted by Gasteiger charge is -2.44. The highest BCUT2D eigenvalue weighted by Gasteiger charge is 2.54. The molecule has 8 aromatic rings. The van der Waals surface area contributed by atoms with Gasteiger partial charge in [-0.05, 0) is 70.8 Å². The van der Waals surface area contributed by atoms with Gasteiger partial charge in [-0.15, -0.1) is 0 Å². The first-order valence-electron chi connectivity index (χ1n) is 25.7. The minimum absolute atomic E-state index is 0.0315. The van der Waals surface area contributed by atoms with Crippen LogP contribution in [0.15, 0.2) is 103 Å². The lowest BCUT2D eigenvalue weighted by Crippen LogP contribution is -2.40. The Hall–Kier alpha value is -10.4. The van der Waals surface area contributed by atoms with E-state index in [-0.39, 0.29) is 27.8 Å². The number of ether oxygens (including phenoxy) is 4. The van der Waals surface area contributed by atoms with Gasteiger partial charge in [0.2, 0.25) is 0 Å². The van der Waals surface area contributed by atoms with Gasteiger partial charge in [0.1, 0.15) is 93.4 Å². The molecule has 434 valence electrons. The molecule has 4 aliphatic heterocycles. The molecule has 12 rings (SSSR count). The van der Waals surface area contributed by atoms with Crippen molar-refractivity contribution < 1.29 is 121 Å². The fourth-order valence-electron chi connectivity index (χ4n) is 12.2. The molecule has 8 aromatic carbocycles. The predicted octanol–water partition coefficient (Wildman–Crippen LogP) is 5.89. The van der Waals surface area contributed by atoms with Crippen LogP contribution in [-0.2, 0) is 6.42 Å². The van der Waals surface area contributed by atoms with E-state index in [0.717, 1.165) is 78.9 Å². The Bertz CT molecular complexity index is 4030. The third kappa shape index (κ3) is 8.44. The molecule has 4 aliphatic rings. The van der Waals surface area contributed by atoms with Crippen LogP contribution in [0.3, 0.4) is 0 Å². The molecule has 24 nitrogen and oxygen atoms in total. The number of aliphatic hydroxyl groups is 4. The summed E-state index contributed by atoms with van der Waals surface area (Å²) >= 11 is 0. The molecule has 0 aliphatic carbocycles. The monoisotopic (exact) mass is 1150 g/mol. The van der Waals surface area contributed by atoms with Crippen molar-refractivity contribution in [2.75, 3.05) is 0 Å². The Kier molecular flexibility index (Phi) is 12.7. The SMILES string of the molecule is Oc1cc(O)c2c(c1)O[C@H](c1ccc(O)c(O)c1)C(O)C2c1c(O)c(C2c3c(O)cc(O)cc3O[C@H](c3ccc(O)c(O)c3)[C@H]2O)c2c(c1O)C(c1c(O)cc(O)c3c1O[C@H](c1ccc(O)c(O)c1)[C@@H](O)C3)[C@H](O)[C@@H](c1ccc(O)c(O)c1)O2. The lowest BCUT2D eigenvalue weighted by molar-refractivity contribution is -0.00665. The van der Waals surface area contributed by atoms with Crippen LogP contribution in [0.1, 0.15) is 103 Å². The predicted molar refractivity (Wildman–Crippen MR) is 285 cm³/mol. The summed E-state index contributed by atoms with van der Waals surface area (Å²) in [5.74, 6) is -20.1. The summed E-state index contributed by atoms with van der Waals surface area (Å²) in [4.78, 5) is 0. The molecule has 0 spiro atoms. The Morgan fingerprint density at radius 2 is 0.631 bits per heavy atom. The van der Waals surface area contributed by atoms with E-state index in [0.29, 0.717) is 0 Å². The maximum atomic E-state index is 13.6. The molecular formula is C60H50O24. The fraction of sp³-hybridized carbons (Fsp3) is 0.200. The number of phenols is 16. The second-order valence-corrected chi connectivity index (χ2v) is 21.0. The van der Waals surface area contributed by atoms with Crippen molar-refractivity contribution >= 4 is 0 Å². The molecule has 0 radical (unpaired) electrons. The topological polar surface area (TPSA) is 442 Å². The van der Waals surface area contributed by atoms with Gasteiger partial charge < -0.3 is 121 Å². The van der Waals surface area contributed by atoms with E-state index in [1.807, 2.05) is 0 Å². The van der Waals surface area contributed by atoms with Gasteiger partial charge in [0.05, 0.1) is 23.9 Å². The minimum atomic E-state index is -2.21. The summed E-state index contributed by atoms with van der Waals surface area (Å²) < 4.78 is 25.7. The van der Waals surface area contributed by atoms with E-state index < -0.39 is 221 Å². The van der Waals surface area contributed by atoms with Crippen molar-refractivity contribution in [1.29, 1.82) is 0 Å². The lowest BCUT2D eigenvalue weighted by atomic mass is 9.70. The zero-order chi connectivity index (χ0) is 59.8. The van der Waals surface area contributed by atoms with Crippen molar-refractivity contribution in [1.82, 2.24) is 0 Å². The third-order valence-electron chi connectivity index (χ3n) is 16.0. The quantitative estimate of drug-likeness (QED) is 0.0827. The van der Waals surface area contributed by atoms with E-state index in [1.165, 1.54) is 24.3 Å². The number of aliphatic hydroxyl groups excluding tert-OH is 4. The van der Waals surface area contributed by atoms with Gasteiger partial charge in [-0.2, -0.15) is 0 Å². The highest BCUT2D eigenvalue weighted by Crippen LogP contribution is 2.66. The number of fused-ring (bicyclic) bond motifs is 4. The number of benzene rings is 8. The average Bonchev–Trinajstić information content (AvgIpc) is 1.17. The molecule has 0 amide bonds. The second kappa shape index (κ2) is 19.7. The minimum Gasteiger partial charge on any atom is -0.508 e. The van der Waals surface area contributed by atoms with E-state index in [1.54, 1.807) is 0 Å². The number of rotatable bonds is 7. The Morgan fingerprint density at radius 1 is 0.286 bits per heavy atom. The van der Waals surface area contributed by atoms with Crippen LogP contribution in [0.2, 0.25) is 0 Å². The maximum absolute atomic E-state index is 13.6. The zero-order valence-electron chi connectivity index (χ0n) is 43.0. The van der Waals surface area contributed by atoms with Crippen LogP contribution in [0, 0.1) is 0 Å². The van der Waals surface area contributed by atoms with Gasteiger partial charge in [-0.25, -0.2) is 0 Å². The molecule has 0 bridgehead atoms. The Balaban J connectivity index is 1.22. The number of phenolic OH excluding ortho intramolecular Hbond substituents is 16. The van der Waals surface area contributed by atoms with Crippen LogP contribution in [0.25, 0.3) is 0 Å². The number of hydrogen-bond acceptors (Lipinski definition) is 24. The van der Waals surface area contributed by atoms with E-state index in [4.69, 9.17) is 18.9 Å². The maximum Gasteiger partial charge on any atom is 0.157 e. The van der Waals surface area contributed by atoms with Crippen LogP contribution in [-0.4, -0.2) is 127 Å². The molecule has 4 unspecified atom stereocenters. The van der Waals surface area contributed by atoms with E-state index in [2.05, 4.69) is 0 Å². The van der Waals surface area contributed by atoms with Gasteiger partial charge in [-0.3, -0.25) is 0 Å². The average molecular weight is 1160 g/mol. The first-order chi connectivity index (χ1) is 39.9. The van der Waals surface area contributed by atoms with Crippen molar-refractivity contribution in [3.63, 3.8) is 0 Å². The fourth-order valence-corrected chi connectivity index (χ4v) is 12.2. The molecule has 0 saturated carbocycles.